The molecule has 0 spiro atoms. The summed E-state index contributed by atoms with van der Waals surface area (Å²) in [5, 5.41) is 5.13. The first-order valence-electron chi connectivity index (χ1n) is 8.35. The van der Waals surface area contributed by atoms with Gasteiger partial charge in [0, 0.05) is 51.7 Å². The summed E-state index contributed by atoms with van der Waals surface area (Å²) >= 11 is 1.22. The maximum absolute atomic E-state index is 11.6. The van der Waals surface area contributed by atoms with Crippen LogP contribution in [0.5, 0.6) is 0 Å². The summed E-state index contributed by atoms with van der Waals surface area (Å²) in [5.41, 5.74) is 3.11. The van der Waals surface area contributed by atoms with Crippen LogP contribution in [0.1, 0.15) is 18.5 Å². The van der Waals surface area contributed by atoms with Gasteiger partial charge in [-0.05, 0) is 36.0 Å². The molecule has 0 aliphatic carbocycles. The second-order valence-electron chi connectivity index (χ2n) is 6.28. The number of anilines is 1. The average molecular weight is 356 g/mol. The molecule has 0 unspecified atom stereocenters. The van der Waals surface area contributed by atoms with E-state index in [-0.39, 0.29) is 4.87 Å². The molecule has 25 heavy (non-hydrogen) atoms. The van der Waals surface area contributed by atoms with Gasteiger partial charge in [0.1, 0.15) is 0 Å². The number of hydrogen-bond donors (Lipinski definition) is 0. The van der Waals surface area contributed by atoms with Gasteiger partial charge < -0.3 is 4.90 Å². The van der Waals surface area contributed by atoms with E-state index in [4.69, 9.17) is 0 Å². The average Bonchev–Trinajstić information content (AvgIpc) is 2.99. The number of benzene rings is 1. The Balaban J connectivity index is 1.46. The first-order chi connectivity index (χ1) is 12.1. The van der Waals surface area contributed by atoms with Gasteiger partial charge >= 0.3 is 4.87 Å². The molecule has 3 aromatic rings. The van der Waals surface area contributed by atoms with Crippen molar-refractivity contribution in [3.8, 4) is 0 Å². The lowest BCUT2D eigenvalue weighted by atomic mass is 10.1. The molecule has 0 bridgehead atoms. The second kappa shape index (κ2) is 6.53. The Morgan fingerprint density at radius 2 is 1.80 bits per heavy atom. The highest BCUT2D eigenvalue weighted by molar-refractivity contribution is 7.13. The van der Waals surface area contributed by atoms with Gasteiger partial charge in [-0.3, -0.25) is 19.7 Å². The molecule has 1 aromatic carbocycles. The standard InChI is InChI=1S/C17H20N6OS/c1-12(13-3-4-14-15(11-13)19-6-5-18-14)22-7-9-23(10-8-22)16-20-21(2)17(24)25-16/h3-6,11-12H,7-10H2,1-2H3/t12-/m0/s1. The minimum absolute atomic E-state index is 0.0110. The smallest absolute Gasteiger partial charge is 0.326 e. The van der Waals surface area contributed by atoms with Gasteiger partial charge in [0.05, 0.1) is 11.0 Å². The van der Waals surface area contributed by atoms with Crippen LogP contribution in [0.15, 0.2) is 35.4 Å². The molecule has 130 valence electrons. The lowest BCUT2D eigenvalue weighted by Crippen LogP contribution is -2.47. The molecule has 1 aliphatic heterocycles. The normalized spacial score (nSPS) is 17.1. The Morgan fingerprint density at radius 1 is 1.08 bits per heavy atom. The molecule has 7 nitrogen and oxygen atoms in total. The fourth-order valence-corrected chi connectivity index (χ4v) is 4.02. The van der Waals surface area contributed by atoms with Crippen LogP contribution in [0.4, 0.5) is 5.13 Å². The zero-order chi connectivity index (χ0) is 17.4. The topological polar surface area (TPSA) is 67.2 Å². The number of rotatable bonds is 3. The number of aromatic nitrogens is 4. The van der Waals surface area contributed by atoms with Crippen LogP contribution in [0.3, 0.4) is 0 Å². The maximum Gasteiger partial charge on any atom is 0.326 e. The monoisotopic (exact) mass is 356 g/mol. The summed E-state index contributed by atoms with van der Waals surface area (Å²) in [6.07, 6.45) is 3.45. The van der Waals surface area contributed by atoms with E-state index in [9.17, 15) is 4.79 Å². The van der Waals surface area contributed by atoms with E-state index in [1.807, 2.05) is 6.07 Å². The molecular weight excluding hydrogens is 336 g/mol. The van der Waals surface area contributed by atoms with Gasteiger partial charge in [-0.2, -0.15) is 0 Å². The van der Waals surface area contributed by atoms with Crippen molar-refractivity contribution < 1.29 is 0 Å². The van der Waals surface area contributed by atoms with Gasteiger partial charge in [-0.15, -0.1) is 5.10 Å². The van der Waals surface area contributed by atoms with Crippen LogP contribution in [0.25, 0.3) is 11.0 Å². The number of aryl methyl sites for hydroxylation is 1. The summed E-state index contributed by atoms with van der Waals surface area (Å²) < 4.78 is 1.41. The van der Waals surface area contributed by atoms with Crippen LogP contribution in [-0.2, 0) is 7.05 Å². The fraction of sp³-hybridized carbons (Fsp3) is 0.412. The van der Waals surface area contributed by atoms with E-state index in [1.165, 1.54) is 21.6 Å². The van der Waals surface area contributed by atoms with Crippen LogP contribution >= 0.6 is 11.3 Å². The third-order valence-corrected chi connectivity index (χ3v) is 5.75. The predicted octanol–water partition coefficient (Wildman–Crippen LogP) is 1.67. The number of fused-ring (bicyclic) bond motifs is 1. The minimum Gasteiger partial charge on any atom is -0.344 e. The molecule has 1 saturated heterocycles. The Kier molecular flexibility index (Phi) is 4.22. The third kappa shape index (κ3) is 3.14. The van der Waals surface area contributed by atoms with Gasteiger partial charge in [-0.25, -0.2) is 4.68 Å². The van der Waals surface area contributed by atoms with Crippen molar-refractivity contribution in [2.45, 2.75) is 13.0 Å². The molecule has 0 amide bonds. The number of piperazine rings is 1. The highest BCUT2D eigenvalue weighted by Crippen LogP contribution is 2.25. The molecule has 1 atom stereocenters. The van der Waals surface area contributed by atoms with Gasteiger partial charge in [0.2, 0.25) is 5.13 Å². The predicted molar refractivity (Wildman–Crippen MR) is 99.1 cm³/mol. The molecule has 8 heteroatoms. The SMILES string of the molecule is C[C@@H](c1ccc2nccnc2c1)N1CCN(c2nn(C)c(=O)s2)CC1. The molecule has 0 N–H and O–H groups in total. The molecule has 1 aliphatic rings. The fourth-order valence-electron chi connectivity index (χ4n) is 3.21. The largest absolute Gasteiger partial charge is 0.344 e. The van der Waals surface area contributed by atoms with E-state index >= 15 is 0 Å². The van der Waals surface area contributed by atoms with Gasteiger partial charge in [0.25, 0.3) is 0 Å². The van der Waals surface area contributed by atoms with E-state index in [2.05, 4.69) is 43.9 Å². The minimum atomic E-state index is -0.0110. The van der Waals surface area contributed by atoms with Crippen LogP contribution in [-0.4, -0.2) is 50.8 Å². The summed E-state index contributed by atoms with van der Waals surface area (Å²) in [6, 6.07) is 6.62. The molecule has 0 saturated carbocycles. The Labute approximate surface area is 149 Å². The highest BCUT2D eigenvalue weighted by Gasteiger charge is 2.24. The van der Waals surface area contributed by atoms with Crippen LogP contribution in [0, 0.1) is 0 Å². The van der Waals surface area contributed by atoms with Crippen molar-refractivity contribution >= 4 is 27.5 Å². The molecule has 1 fully saturated rings. The first-order valence-corrected chi connectivity index (χ1v) is 9.17. The van der Waals surface area contributed by atoms with Crippen molar-refractivity contribution in [1.29, 1.82) is 0 Å². The van der Waals surface area contributed by atoms with Crippen molar-refractivity contribution in [3.63, 3.8) is 0 Å². The zero-order valence-electron chi connectivity index (χ0n) is 14.3. The Hall–Kier alpha value is -2.32. The number of hydrogen-bond acceptors (Lipinski definition) is 7. The number of nitrogens with zero attached hydrogens (tertiary/aromatic N) is 6. The quantitative estimate of drug-likeness (QED) is 0.711. The van der Waals surface area contributed by atoms with Crippen LogP contribution < -0.4 is 9.77 Å². The summed E-state index contributed by atoms with van der Waals surface area (Å²) in [6.45, 7) is 5.87. The first kappa shape index (κ1) is 16.2. The van der Waals surface area contributed by atoms with Crippen molar-refractivity contribution in [1.82, 2.24) is 24.6 Å². The maximum atomic E-state index is 11.6. The van der Waals surface area contributed by atoms with E-state index in [0.29, 0.717) is 6.04 Å². The molecule has 2 aromatic heterocycles. The summed E-state index contributed by atoms with van der Waals surface area (Å²) in [7, 11) is 1.70. The highest BCUT2D eigenvalue weighted by atomic mass is 32.1. The van der Waals surface area contributed by atoms with E-state index in [1.54, 1.807) is 19.4 Å². The van der Waals surface area contributed by atoms with E-state index in [0.717, 1.165) is 42.3 Å². The lowest BCUT2D eigenvalue weighted by molar-refractivity contribution is 0.198. The molecule has 3 heterocycles. The van der Waals surface area contributed by atoms with Crippen molar-refractivity contribution in [2.75, 3.05) is 31.1 Å². The van der Waals surface area contributed by atoms with Crippen LogP contribution in [0.2, 0.25) is 0 Å². The van der Waals surface area contributed by atoms with Crippen molar-refractivity contribution in [2.24, 2.45) is 7.05 Å². The van der Waals surface area contributed by atoms with Crippen molar-refractivity contribution in [3.05, 3.63) is 45.8 Å². The summed E-state index contributed by atoms with van der Waals surface area (Å²) in [5.74, 6) is 0. The third-order valence-electron chi connectivity index (χ3n) is 4.79. The summed E-state index contributed by atoms with van der Waals surface area (Å²) in [4.78, 5) is 25.0. The van der Waals surface area contributed by atoms with E-state index < -0.39 is 0 Å². The molecule has 4 rings (SSSR count). The lowest BCUT2D eigenvalue weighted by Gasteiger charge is -2.38. The Morgan fingerprint density at radius 3 is 2.48 bits per heavy atom. The molecular formula is C17H20N6OS. The van der Waals surface area contributed by atoms with Gasteiger partial charge in [0.15, 0.2) is 0 Å². The Bertz CT molecular complexity index is 943. The van der Waals surface area contributed by atoms with Gasteiger partial charge in [-0.1, -0.05) is 6.07 Å². The second-order valence-corrected chi connectivity index (χ2v) is 7.20. The zero-order valence-corrected chi connectivity index (χ0v) is 15.1. The molecule has 0 radical (unpaired) electrons.